The third-order valence-corrected chi connectivity index (χ3v) is 7.28. The van der Waals surface area contributed by atoms with E-state index in [0.29, 0.717) is 30.5 Å². The standard InChI is InChI=1S/C22H25N3O3S2/c1-25(11-6-12-28-15-7-3-2-4-8-15)19(26)14-29-13-18-23-21(27)20-16-9-5-10-17(16)30-22(20)24-18/h2-4,7-8H,5-6,9-14H2,1H3,(H,23,24,27). The van der Waals surface area contributed by atoms with Gasteiger partial charge in [-0.25, -0.2) is 4.98 Å². The normalized spacial score (nSPS) is 12.8. The molecule has 1 amide bonds. The van der Waals surface area contributed by atoms with Crippen molar-refractivity contribution in [2.24, 2.45) is 0 Å². The van der Waals surface area contributed by atoms with E-state index >= 15 is 0 Å². The Balaban J connectivity index is 1.22. The molecule has 1 aliphatic carbocycles. The van der Waals surface area contributed by atoms with Gasteiger partial charge < -0.3 is 14.6 Å². The average Bonchev–Trinajstić information content (AvgIpc) is 3.32. The van der Waals surface area contributed by atoms with E-state index < -0.39 is 0 Å². The lowest BCUT2D eigenvalue weighted by Crippen LogP contribution is -2.30. The Kier molecular flexibility index (Phi) is 6.74. The van der Waals surface area contributed by atoms with Gasteiger partial charge in [0.25, 0.3) is 5.56 Å². The number of hydrogen-bond acceptors (Lipinski definition) is 6. The molecule has 2 aromatic heterocycles. The molecule has 0 aliphatic heterocycles. The molecule has 30 heavy (non-hydrogen) atoms. The number of rotatable bonds is 9. The van der Waals surface area contributed by atoms with Crippen LogP contribution in [-0.4, -0.2) is 46.7 Å². The maximum Gasteiger partial charge on any atom is 0.259 e. The summed E-state index contributed by atoms with van der Waals surface area (Å²) in [7, 11) is 1.81. The van der Waals surface area contributed by atoms with Gasteiger partial charge >= 0.3 is 0 Å². The van der Waals surface area contributed by atoms with Gasteiger partial charge in [0.1, 0.15) is 16.4 Å². The summed E-state index contributed by atoms with van der Waals surface area (Å²) in [6.45, 7) is 1.22. The molecule has 8 heteroatoms. The molecule has 4 rings (SSSR count). The number of nitrogens with one attached hydrogen (secondary N) is 1. The molecule has 158 valence electrons. The van der Waals surface area contributed by atoms with E-state index in [1.807, 2.05) is 37.4 Å². The van der Waals surface area contributed by atoms with Crippen LogP contribution in [0.4, 0.5) is 0 Å². The summed E-state index contributed by atoms with van der Waals surface area (Å²) in [4.78, 5) is 36.2. The molecule has 2 heterocycles. The minimum absolute atomic E-state index is 0.0446. The lowest BCUT2D eigenvalue weighted by atomic mass is 10.2. The van der Waals surface area contributed by atoms with Crippen molar-refractivity contribution in [2.75, 3.05) is 26.0 Å². The van der Waals surface area contributed by atoms with Crippen molar-refractivity contribution >= 4 is 39.2 Å². The van der Waals surface area contributed by atoms with E-state index in [2.05, 4.69) is 9.97 Å². The first kappa shape index (κ1) is 20.9. The number of amides is 1. The SMILES string of the molecule is CN(CCCOc1ccccc1)C(=O)CSCc1nc2sc3c(c2c(=O)[nH]1)CCC3. The van der Waals surface area contributed by atoms with Gasteiger partial charge in [0.2, 0.25) is 5.91 Å². The van der Waals surface area contributed by atoms with Crippen molar-refractivity contribution < 1.29 is 9.53 Å². The van der Waals surface area contributed by atoms with Crippen molar-refractivity contribution in [1.82, 2.24) is 14.9 Å². The smallest absolute Gasteiger partial charge is 0.259 e. The second-order valence-electron chi connectivity index (χ2n) is 7.37. The van der Waals surface area contributed by atoms with Crippen LogP contribution >= 0.6 is 23.1 Å². The number of fused-ring (bicyclic) bond motifs is 3. The number of aryl methyl sites for hydroxylation is 2. The van der Waals surface area contributed by atoms with E-state index in [9.17, 15) is 9.59 Å². The summed E-state index contributed by atoms with van der Waals surface area (Å²) < 4.78 is 5.66. The Labute approximate surface area is 183 Å². The number of aromatic nitrogens is 2. The van der Waals surface area contributed by atoms with Gasteiger partial charge in [-0.2, -0.15) is 0 Å². The van der Waals surface area contributed by atoms with Crippen LogP contribution in [0.3, 0.4) is 0 Å². The molecular formula is C22H25N3O3S2. The Hall–Kier alpha value is -2.32. The molecule has 1 aliphatic rings. The molecule has 0 bridgehead atoms. The molecule has 0 radical (unpaired) electrons. The molecule has 0 unspecified atom stereocenters. The highest BCUT2D eigenvalue weighted by Crippen LogP contribution is 2.34. The molecule has 6 nitrogen and oxygen atoms in total. The number of carbonyl (C=O) groups excluding carboxylic acids is 1. The van der Waals surface area contributed by atoms with Crippen molar-refractivity contribution in [3.8, 4) is 5.75 Å². The van der Waals surface area contributed by atoms with Crippen molar-refractivity contribution in [3.63, 3.8) is 0 Å². The first-order valence-corrected chi connectivity index (χ1v) is 12.1. The van der Waals surface area contributed by atoms with Gasteiger partial charge in [0, 0.05) is 18.5 Å². The van der Waals surface area contributed by atoms with Crippen LogP contribution in [0.5, 0.6) is 5.75 Å². The quantitative estimate of drug-likeness (QED) is 0.511. The summed E-state index contributed by atoms with van der Waals surface area (Å²) in [5.74, 6) is 2.43. The van der Waals surface area contributed by atoms with E-state index in [0.717, 1.165) is 41.6 Å². The molecule has 0 atom stereocenters. The van der Waals surface area contributed by atoms with Crippen LogP contribution in [-0.2, 0) is 23.4 Å². The molecule has 0 saturated heterocycles. The van der Waals surface area contributed by atoms with Gasteiger partial charge in [-0.05, 0) is 43.4 Å². The van der Waals surface area contributed by atoms with Crippen LogP contribution in [0.1, 0.15) is 29.1 Å². The molecule has 1 N–H and O–H groups in total. The summed E-state index contributed by atoms with van der Waals surface area (Å²) in [5.41, 5.74) is 1.15. The van der Waals surface area contributed by atoms with Gasteiger partial charge in [0.15, 0.2) is 0 Å². The Morgan fingerprint density at radius 2 is 2.13 bits per heavy atom. The molecule has 1 aromatic carbocycles. The third kappa shape index (κ3) is 4.87. The Morgan fingerprint density at radius 3 is 2.97 bits per heavy atom. The fourth-order valence-electron chi connectivity index (χ4n) is 3.59. The third-order valence-electron chi connectivity index (χ3n) is 5.16. The van der Waals surface area contributed by atoms with Crippen molar-refractivity contribution in [2.45, 2.75) is 31.4 Å². The number of thiophene rings is 1. The molecule has 0 spiro atoms. The summed E-state index contributed by atoms with van der Waals surface area (Å²) in [6.07, 6.45) is 3.93. The number of H-pyrrole nitrogens is 1. The highest BCUT2D eigenvalue weighted by molar-refractivity contribution is 7.99. The molecule has 0 saturated carbocycles. The van der Waals surface area contributed by atoms with E-state index in [4.69, 9.17) is 4.74 Å². The predicted octanol–water partition coefficient (Wildman–Crippen LogP) is 3.63. The van der Waals surface area contributed by atoms with Gasteiger partial charge in [-0.3, -0.25) is 9.59 Å². The Bertz CT molecular complexity index is 1080. The largest absolute Gasteiger partial charge is 0.494 e. The number of benzene rings is 1. The van der Waals surface area contributed by atoms with E-state index in [1.54, 1.807) is 16.2 Å². The number of hydrogen-bond donors (Lipinski definition) is 1. The predicted molar refractivity (Wildman–Crippen MR) is 123 cm³/mol. The number of thioether (sulfide) groups is 1. The van der Waals surface area contributed by atoms with Gasteiger partial charge in [-0.15, -0.1) is 23.1 Å². The average molecular weight is 444 g/mol. The van der Waals surface area contributed by atoms with Crippen LogP contribution < -0.4 is 10.3 Å². The molecule has 0 fully saturated rings. The topological polar surface area (TPSA) is 75.3 Å². The lowest BCUT2D eigenvalue weighted by molar-refractivity contribution is -0.127. The Morgan fingerprint density at radius 1 is 1.30 bits per heavy atom. The summed E-state index contributed by atoms with van der Waals surface area (Å²) in [5, 5.41) is 0.773. The zero-order chi connectivity index (χ0) is 20.9. The summed E-state index contributed by atoms with van der Waals surface area (Å²) >= 11 is 3.12. The first-order valence-electron chi connectivity index (χ1n) is 10.1. The monoisotopic (exact) mass is 443 g/mol. The second kappa shape index (κ2) is 9.66. The first-order chi connectivity index (χ1) is 14.6. The number of ether oxygens (including phenoxy) is 1. The zero-order valence-corrected chi connectivity index (χ0v) is 18.6. The summed E-state index contributed by atoms with van der Waals surface area (Å²) in [6, 6.07) is 9.67. The molecule has 3 aromatic rings. The number of nitrogens with zero attached hydrogens (tertiary/aromatic N) is 2. The number of aromatic amines is 1. The maximum absolute atomic E-state index is 12.5. The van der Waals surface area contributed by atoms with Gasteiger partial charge in [0.05, 0.1) is 23.5 Å². The lowest BCUT2D eigenvalue weighted by Gasteiger charge is -2.17. The minimum atomic E-state index is -0.0446. The molecular weight excluding hydrogens is 418 g/mol. The zero-order valence-electron chi connectivity index (χ0n) is 17.0. The van der Waals surface area contributed by atoms with Crippen LogP contribution in [0.25, 0.3) is 10.2 Å². The highest BCUT2D eigenvalue weighted by atomic mass is 32.2. The fraction of sp³-hybridized carbons (Fsp3) is 0.409. The van der Waals surface area contributed by atoms with Crippen molar-refractivity contribution in [1.29, 1.82) is 0 Å². The van der Waals surface area contributed by atoms with E-state index in [1.165, 1.54) is 22.2 Å². The van der Waals surface area contributed by atoms with Gasteiger partial charge in [-0.1, -0.05) is 18.2 Å². The maximum atomic E-state index is 12.5. The second-order valence-corrected chi connectivity index (χ2v) is 9.44. The van der Waals surface area contributed by atoms with Crippen LogP contribution in [0.2, 0.25) is 0 Å². The number of carbonyl (C=O) groups is 1. The van der Waals surface area contributed by atoms with E-state index in [-0.39, 0.29) is 11.5 Å². The minimum Gasteiger partial charge on any atom is -0.494 e. The van der Waals surface area contributed by atoms with Crippen LogP contribution in [0, 0.1) is 0 Å². The fourth-order valence-corrected chi connectivity index (χ4v) is 5.70. The van der Waals surface area contributed by atoms with Crippen molar-refractivity contribution in [3.05, 3.63) is 57.0 Å². The highest BCUT2D eigenvalue weighted by Gasteiger charge is 2.21. The van der Waals surface area contributed by atoms with Crippen LogP contribution in [0.15, 0.2) is 35.1 Å². The number of para-hydroxylation sites is 1.